The van der Waals surface area contributed by atoms with Gasteiger partial charge in [0.05, 0.1) is 10.6 Å². The predicted octanol–water partition coefficient (Wildman–Crippen LogP) is 2.69. The molecule has 2 N–H and O–H groups in total. The highest BCUT2D eigenvalue weighted by Gasteiger charge is 2.30. The molecule has 1 atom stereocenters. The molecule has 1 aliphatic carbocycles. The lowest BCUT2D eigenvalue weighted by Crippen LogP contribution is -2.21. The van der Waals surface area contributed by atoms with Gasteiger partial charge in [0, 0.05) is 18.5 Å². The van der Waals surface area contributed by atoms with Crippen LogP contribution in [0.3, 0.4) is 0 Å². The molecule has 0 radical (unpaired) electrons. The van der Waals surface area contributed by atoms with Crippen molar-refractivity contribution in [1.29, 1.82) is 0 Å². The van der Waals surface area contributed by atoms with Gasteiger partial charge in [0.25, 0.3) is 5.69 Å². The summed E-state index contributed by atoms with van der Waals surface area (Å²) < 4.78 is 0. The van der Waals surface area contributed by atoms with Crippen molar-refractivity contribution in [2.75, 3.05) is 10.6 Å². The molecule has 0 spiro atoms. The van der Waals surface area contributed by atoms with Gasteiger partial charge in [0.15, 0.2) is 0 Å². The average molecular weight is 275 g/mol. The van der Waals surface area contributed by atoms with Crippen molar-refractivity contribution in [3.63, 3.8) is 0 Å². The Kier molecular flexibility index (Phi) is 3.08. The summed E-state index contributed by atoms with van der Waals surface area (Å²) in [5, 5.41) is 17.2. The number of fused-ring (bicyclic) bond motifs is 1. The SMILES string of the molecule is CC(Nc1cc2c(cc1[N+](=O)[O-])NC(=O)CC2)C1CC1. The van der Waals surface area contributed by atoms with E-state index in [1.54, 1.807) is 0 Å². The topological polar surface area (TPSA) is 84.3 Å². The van der Waals surface area contributed by atoms with Crippen LogP contribution in [0.1, 0.15) is 31.7 Å². The zero-order chi connectivity index (χ0) is 14.3. The summed E-state index contributed by atoms with van der Waals surface area (Å²) in [7, 11) is 0. The lowest BCUT2D eigenvalue weighted by molar-refractivity contribution is -0.383. The van der Waals surface area contributed by atoms with E-state index in [1.807, 2.05) is 6.07 Å². The largest absolute Gasteiger partial charge is 0.377 e. The molecule has 1 amide bonds. The van der Waals surface area contributed by atoms with Crippen LogP contribution in [-0.2, 0) is 11.2 Å². The lowest BCUT2D eigenvalue weighted by atomic mass is 10.0. The number of amides is 1. The van der Waals surface area contributed by atoms with E-state index in [9.17, 15) is 14.9 Å². The van der Waals surface area contributed by atoms with Crippen molar-refractivity contribution in [2.45, 2.75) is 38.6 Å². The summed E-state index contributed by atoms with van der Waals surface area (Å²) in [6.45, 7) is 2.06. The minimum absolute atomic E-state index is 0.0263. The van der Waals surface area contributed by atoms with Gasteiger partial charge in [-0.15, -0.1) is 0 Å². The van der Waals surface area contributed by atoms with Crippen molar-refractivity contribution in [3.8, 4) is 0 Å². The standard InChI is InChI=1S/C14H17N3O3/c1-8(9-2-3-9)15-12-6-10-4-5-14(18)16-11(10)7-13(12)17(19)20/h6-9,15H,2-5H2,1H3,(H,16,18). The Morgan fingerprint density at radius 1 is 1.40 bits per heavy atom. The smallest absolute Gasteiger partial charge is 0.294 e. The Bertz CT molecular complexity index is 581. The molecule has 0 saturated heterocycles. The zero-order valence-corrected chi connectivity index (χ0v) is 11.3. The second-order valence-corrected chi connectivity index (χ2v) is 5.60. The number of carbonyl (C=O) groups is 1. The third-order valence-electron chi connectivity index (χ3n) is 4.03. The first kappa shape index (κ1) is 12.9. The molecule has 6 nitrogen and oxygen atoms in total. The van der Waals surface area contributed by atoms with Crippen LogP contribution in [0.15, 0.2) is 12.1 Å². The van der Waals surface area contributed by atoms with Gasteiger partial charge >= 0.3 is 0 Å². The molecular weight excluding hydrogens is 258 g/mol. The zero-order valence-electron chi connectivity index (χ0n) is 11.3. The van der Waals surface area contributed by atoms with Crippen LogP contribution < -0.4 is 10.6 Å². The van der Waals surface area contributed by atoms with Crippen LogP contribution in [0.2, 0.25) is 0 Å². The van der Waals surface area contributed by atoms with Crippen molar-refractivity contribution < 1.29 is 9.72 Å². The number of nitro groups is 1. The summed E-state index contributed by atoms with van der Waals surface area (Å²) in [6.07, 6.45) is 3.43. The van der Waals surface area contributed by atoms with Gasteiger partial charge in [-0.3, -0.25) is 14.9 Å². The molecule has 0 aromatic heterocycles. The molecule has 106 valence electrons. The molecule has 2 aliphatic rings. The quantitative estimate of drug-likeness (QED) is 0.653. The number of hydrogen-bond acceptors (Lipinski definition) is 4. The molecule has 20 heavy (non-hydrogen) atoms. The van der Waals surface area contributed by atoms with Crippen LogP contribution in [-0.4, -0.2) is 16.9 Å². The van der Waals surface area contributed by atoms with Crippen molar-refractivity contribution in [3.05, 3.63) is 27.8 Å². The van der Waals surface area contributed by atoms with Crippen molar-refractivity contribution >= 4 is 23.0 Å². The molecule has 1 heterocycles. The average Bonchev–Trinajstić information content (AvgIpc) is 3.22. The maximum Gasteiger partial charge on any atom is 0.294 e. The van der Waals surface area contributed by atoms with E-state index in [2.05, 4.69) is 17.6 Å². The Morgan fingerprint density at radius 3 is 2.80 bits per heavy atom. The molecule has 1 unspecified atom stereocenters. The maximum atomic E-state index is 11.4. The summed E-state index contributed by atoms with van der Waals surface area (Å²) in [6, 6.07) is 3.52. The van der Waals surface area contributed by atoms with E-state index >= 15 is 0 Å². The van der Waals surface area contributed by atoms with Gasteiger partial charge in [-0.1, -0.05) is 0 Å². The molecule has 1 aromatic rings. The fourth-order valence-electron chi connectivity index (χ4n) is 2.64. The molecule has 0 bridgehead atoms. The van der Waals surface area contributed by atoms with Crippen LogP contribution in [0, 0.1) is 16.0 Å². The molecule has 1 fully saturated rings. The van der Waals surface area contributed by atoms with Crippen molar-refractivity contribution in [2.24, 2.45) is 5.92 Å². The predicted molar refractivity (Wildman–Crippen MR) is 75.9 cm³/mol. The first-order valence-corrected chi connectivity index (χ1v) is 6.92. The first-order chi connectivity index (χ1) is 9.54. The van der Waals surface area contributed by atoms with Gasteiger partial charge in [0.1, 0.15) is 5.69 Å². The van der Waals surface area contributed by atoms with E-state index in [1.165, 1.54) is 18.9 Å². The molecule has 6 heteroatoms. The summed E-state index contributed by atoms with van der Waals surface area (Å²) in [5.74, 6) is 0.532. The summed E-state index contributed by atoms with van der Waals surface area (Å²) in [4.78, 5) is 22.2. The second-order valence-electron chi connectivity index (χ2n) is 5.60. The lowest BCUT2D eigenvalue weighted by Gasteiger charge is -2.20. The number of anilines is 2. The van der Waals surface area contributed by atoms with Gasteiger partial charge in [-0.2, -0.15) is 0 Å². The number of aryl methyl sites for hydroxylation is 1. The van der Waals surface area contributed by atoms with Crippen LogP contribution in [0.4, 0.5) is 17.1 Å². The highest BCUT2D eigenvalue weighted by molar-refractivity contribution is 5.95. The Hall–Kier alpha value is -2.11. The molecule has 3 rings (SSSR count). The highest BCUT2D eigenvalue weighted by Crippen LogP contribution is 2.38. The van der Waals surface area contributed by atoms with E-state index in [-0.39, 0.29) is 17.6 Å². The molecular formula is C14H17N3O3. The van der Waals surface area contributed by atoms with Crippen LogP contribution >= 0.6 is 0 Å². The van der Waals surface area contributed by atoms with E-state index < -0.39 is 4.92 Å². The molecule has 1 saturated carbocycles. The highest BCUT2D eigenvalue weighted by atomic mass is 16.6. The number of benzene rings is 1. The summed E-state index contributed by atoms with van der Waals surface area (Å²) in [5.41, 5.74) is 2.11. The second kappa shape index (κ2) is 4.77. The van der Waals surface area contributed by atoms with E-state index in [4.69, 9.17) is 0 Å². The Morgan fingerprint density at radius 2 is 2.15 bits per heavy atom. The third kappa shape index (κ3) is 2.45. The minimum Gasteiger partial charge on any atom is -0.377 e. The Labute approximate surface area is 116 Å². The van der Waals surface area contributed by atoms with E-state index in [0.29, 0.717) is 30.1 Å². The monoisotopic (exact) mass is 275 g/mol. The Balaban J connectivity index is 1.94. The van der Waals surface area contributed by atoms with Gasteiger partial charge in [-0.25, -0.2) is 0 Å². The molecule has 1 aromatic carbocycles. The number of hydrogen-bond donors (Lipinski definition) is 2. The number of nitro benzene ring substituents is 1. The number of nitrogens with one attached hydrogen (secondary N) is 2. The van der Waals surface area contributed by atoms with Gasteiger partial charge in [-0.05, 0) is 43.7 Å². The van der Waals surface area contributed by atoms with E-state index in [0.717, 1.165) is 5.56 Å². The number of rotatable bonds is 4. The minimum atomic E-state index is -0.400. The van der Waals surface area contributed by atoms with Gasteiger partial charge < -0.3 is 10.6 Å². The van der Waals surface area contributed by atoms with Crippen LogP contribution in [0.5, 0.6) is 0 Å². The molecule has 1 aliphatic heterocycles. The maximum absolute atomic E-state index is 11.4. The summed E-state index contributed by atoms with van der Waals surface area (Å²) >= 11 is 0. The van der Waals surface area contributed by atoms with Crippen LogP contribution in [0.25, 0.3) is 0 Å². The fraction of sp³-hybridized carbons (Fsp3) is 0.500. The number of nitrogens with zero attached hydrogens (tertiary/aromatic N) is 1. The fourth-order valence-corrected chi connectivity index (χ4v) is 2.64. The number of carbonyl (C=O) groups excluding carboxylic acids is 1. The van der Waals surface area contributed by atoms with Crippen molar-refractivity contribution in [1.82, 2.24) is 0 Å². The normalized spacial score (nSPS) is 18.9. The van der Waals surface area contributed by atoms with Gasteiger partial charge in [0.2, 0.25) is 5.91 Å². The third-order valence-corrected chi connectivity index (χ3v) is 4.03. The first-order valence-electron chi connectivity index (χ1n) is 6.92.